The molecule has 0 saturated carbocycles. The summed E-state index contributed by atoms with van der Waals surface area (Å²) < 4.78 is 0. The number of hydroxylamine groups is 1. The van der Waals surface area contributed by atoms with E-state index in [1.165, 1.54) is 0 Å². The summed E-state index contributed by atoms with van der Waals surface area (Å²) in [6.07, 6.45) is 10.7. The number of thioether (sulfide) groups is 1. The Morgan fingerprint density at radius 1 is 1.38 bits per heavy atom. The van der Waals surface area contributed by atoms with Crippen molar-refractivity contribution in [2.24, 2.45) is 0 Å². The van der Waals surface area contributed by atoms with Gasteiger partial charge in [-0.25, -0.2) is 5.48 Å². The van der Waals surface area contributed by atoms with Crippen LogP contribution in [0.2, 0.25) is 0 Å². The number of hydrogen-bond acceptors (Lipinski definition) is 6. The third-order valence-corrected chi connectivity index (χ3v) is 5.05. The largest absolute Gasteiger partial charge is 0.375 e. The monoisotopic (exact) mass is 347 g/mol. The highest BCUT2D eigenvalue weighted by Gasteiger charge is 2.40. The van der Waals surface area contributed by atoms with Crippen molar-refractivity contribution in [3.8, 4) is 0 Å². The summed E-state index contributed by atoms with van der Waals surface area (Å²) in [6.45, 7) is 0.756. The Hall–Kier alpha value is -1.99. The van der Waals surface area contributed by atoms with E-state index >= 15 is 0 Å². The topological polar surface area (TPSA) is 81.7 Å². The third kappa shape index (κ3) is 3.42. The molecule has 0 aromatic heterocycles. The van der Waals surface area contributed by atoms with Crippen molar-refractivity contribution in [3.05, 3.63) is 46.7 Å². The quantitative estimate of drug-likeness (QED) is 0.386. The predicted octanol–water partition coefficient (Wildman–Crippen LogP) is 1.82. The zero-order valence-electron chi connectivity index (χ0n) is 13.3. The molecule has 7 heteroatoms. The normalized spacial score (nSPS) is 21.9. The standard InChI is InChI=1S/C17H21N3O3S/c21-14(19-23)7-2-1-4-8-20-9-5-3-6-12-15-13(10-24-11-18-15)17(22)16(12)20/h3,5-6,9-10,16,18,23H,1-2,4,7-8,11H2,(H,19,21). The lowest BCUT2D eigenvalue weighted by Crippen LogP contribution is -2.36. The number of amides is 1. The average molecular weight is 347 g/mol. The molecule has 3 rings (SSSR count). The Bertz CT molecular complexity index is 651. The van der Waals surface area contributed by atoms with E-state index < -0.39 is 0 Å². The van der Waals surface area contributed by atoms with E-state index in [0.717, 1.165) is 48.5 Å². The minimum Gasteiger partial charge on any atom is -0.375 e. The Balaban J connectivity index is 1.63. The van der Waals surface area contributed by atoms with Crippen LogP contribution in [0.5, 0.6) is 0 Å². The summed E-state index contributed by atoms with van der Waals surface area (Å²) in [7, 11) is 0. The van der Waals surface area contributed by atoms with Crippen molar-refractivity contribution in [1.82, 2.24) is 15.7 Å². The molecule has 0 aromatic rings. The van der Waals surface area contributed by atoms with Crippen molar-refractivity contribution in [2.45, 2.75) is 31.7 Å². The first-order valence-electron chi connectivity index (χ1n) is 8.10. The van der Waals surface area contributed by atoms with Crippen molar-refractivity contribution in [2.75, 3.05) is 12.4 Å². The molecule has 24 heavy (non-hydrogen) atoms. The number of fused-ring (bicyclic) bond motifs is 2. The van der Waals surface area contributed by atoms with Gasteiger partial charge in [-0.05, 0) is 24.3 Å². The van der Waals surface area contributed by atoms with Crippen LogP contribution < -0.4 is 10.8 Å². The number of carbonyl (C=O) groups excluding carboxylic acids is 2. The van der Waals surface area contributed by atoms with Gasteiger partial charge in [-0.15, -0.1) is 11.8 Å². The lowest BCUT2D eigenvalue weighted by molar-refractivity contribution is -0.129. The number of nitrogens with one attached hydrogen (secondary N) is 2. The van der Waals surface area contributed by atoms with Crippen LogP contribution in [0.4, 0.5) is 0 Å². The molecular weight excluding hydrogens is 326 g/mol. The van der Waals surface area contributed by atoms with Gasteiger partial charge in [0, 0.05) is 24.7 Å². The van der Waals surface area contributed by atoms with Crippen LogP contribution >= 0.6 is 11.8 Å². The van der Waals surface area contributed by atoms with E-state index in [4.69, 9.17) is 5.21 Å². The Morgan fingerprint density at radius 3 is 3.08 bits per heavy atom. The fourth-order valence-electron chi connectivity index (χ4n) is 3.18. The van der Waals surface area contributed by atoms with Crippen LogP contribution in [0, 0.1) is 0 Å². The molecule has 1 amide bonds. The summed E-state index contributed by atoms with van der Waals surface area (Å²) in [4.78, 5) is 25.9. The van der Waals surface area contributed by atoms with Gasteiger partial charge < -0.3 is 10.2 Å². The van der Waals surface area contributed by atoms with Crippen LogP contribution in [0.15, 0.2) is 46.7 Å². The SMILES string of the molecule is O=C(CCCCCN1C=CC=CC2=C3NCSC=C3C(=O)C21)NO. The zero-order valence-corrected chi connectivity index (χ0v) is 14.1. The number of allylic oxidation sites excluding steroid dienone is 3. The van der Waals surface area contributed by atoms with Gasteiger partial charge in [-0.2, -0.15) is 0 Å². The molecule has 2 heterocycles. The van der Waals surface area contributed by atoms with Gasteiger partial charge in [0.15, 0.2) is 5.78 Å². The van der Waals surface area contributed by atoms with Crippen LogP contribution in [0.25, 0.3) is 0 Å². The maximum Gasteiger partial charge on any atom is 0.243 e. The third-order valence-electron chi connectivity index (χ3n) is 4.34. The Morgan fingerprint density at radius 2 is 2.25 bits per heavy atom. The maximum atomic E-state index is 12.8. The first kappa shape index (κ1) is 16.9. The number of Topliss-reactive ketones (excluding diaryl/α,β-unsaturated/α-hetero) is 1. The van der Waals surface area contributed by atoms with Gasteiger partial charge >= 0.3 is 0 Å². The van der Waals surface area contributed by atoms with E-state index in [2.05, 4.69) is 10.2 Å². The predicted molar refractivity (Wildman–Crippen MR) is 92.9 cm³/mol. The molecule has 3 aliphatic rings. The van der Waals surface area contributed by atoms with Gasteiger partial charge in [0.2, 0.25) is 5.91 Å². The molecule has 0 fully saturated rings. The molecule has 0 aromatic carbocycles. The van der Waals surface area contributed by atoms with E-state index in [9.17, 15) is 9.59 Å². The van der Waals surface area contributed by atoms with Crippen LogP contribution in [0.1, 0.15) is 25.7 Å². The highest BCUT2D eigenvalue weighted by molar-refractivity contribution is 8.02. The van der Waals surface area contributed by atoms with Crippen molar-refractivity contribution in [3.63, 3.8) is 0 Å². The van der Waals surface area contributed by atoms with E-state index in [0.29, 0.717) is 6.42 Å². The van der Waals surface area contributed by atoms with Crippen LogP contribution in [0.3, 0.4) is 0 Å². The maximum absolute atomic E-state index is 12.8. The lowest BCUT2D eigenvalue weighted by atomic mass is 10.1. The number of hydrogen-bond donors (Lipinski definition) is 3. The van der Waals surface area contributed by atoms with Gasteiger partial charge in [-0.3, -0.25) is 14.8 Å². The van der Waals surface area contributed by atoms with E-state index in [1.807, 2.05) is 29.8 Å². The number of carbonyl (C=O) groups is 2. The van der Waals surface area contributed by atoms with Gasteiger partial charge in [0.25, 0.3) is 0 Å². The number of ketones is 1. The molecule has 0 bridgehead atoms. The highest BCUT2D eigenvalue weighted by Crippen LogP contribution is 2.36. The first-order valence-corrected chi connectivity index (χ1v) is 9.15. The second kappa shape index (κ2) is 7.72. The molecule has 1 atom stereocenters. The molecule has 128 valence electrons. The number of rotatable bonds is 6. The van der Waals surface area contributed by atoms with E-state index in [-0.39, 0.29) is 17.7 Å². The van der Waals surface area contributed by atoms with E-state index in [1.54, 1.807) is 17.2 Å². The lowest BCUT2D eigenvalue weighted by Gasteiger charge is -2.26. The van der Waals surface area contributed by atoms with Crippen LogP contribution in [-0.4, -0.2) is 40.3 Å². The smallest absolute Gasteiger partial charge is 0.243 e. The Labute approximate surface area is 145 Å². The summed E-state index contributed by atoms with van der Waals surface area (Å²) in [5.41, 5.74) is 4.44. The van der Waals surface area contributed by atoms with Crippen molar-refractivity contribution in [1.29, 1.82) is 0 Å². The summed E-state index contributed by atoms with van der Waals surface area (Å²) in [5, 5.41) is 13.8. The molecule has 2 aliphatic heterocycles. The minimum atomic E-state index is -0.355. The summed E-state index contributed by atoms with van der Waals surface area (Å²) >= 11 is 1.61. The van der Waals surface area contributed by atoms with Gasteiger partial charge in [-0.1, -0.05) is 18.6 Å². The molecule has 1 unspecified atom stereocenters. The highest BCUT2D eigenvalue weighted by atomic mass is 32.2. The molecular formula is C17H21N3O3S. The fourth-order valence-corrected chi connectivity index (χ4v) is 3.89. The average Bonchev–Trinajstić information content (AvgIpc) is 2.75. The molecule has 0 saturated heterocycles. The molecule has 1 aliphatic carbocycles. The zero-order chi connectivity index (χ0) is 16.9. The minimum absolute atomic E-state index is 0.149. The van der Waals surface area contributed by atoms with Crippen LogP contribution in [-0.2, 0) is 9.59 Å². The van der Waals surface area contributed by atoms with Crippen molar-refractivity contribution >= 4 is 23.5 Å². The molecule has 0 radical (unpaired) electrons. The summed E-state index contributed by atoms with van der Waals surface area (Å²) in [6, 6.07) is -0.256. The second-order valence-electron chi connectivity index (χ2n) is 5.90. The number of nitrogens with zero attached hydrogens (tertiary/aromatic N) is 1. The molecule has 3 N–H and O–H groups in total. The second-order valence-corrected chi connectivity index (χ2v) is 6.76. The first-order chi connectivity index (χ1) is 11.7. The Kier molecular flexibility index (Phi) is 5.42. The van der Waals surface area contributed by atoms with Crippen molar-refractivity contribution < 1.29 is 14.8 Å². The molecule has 0 spiro atoms. The summed E-state index contributed by atoms with van der Waals surface area (Å²) in [5.74, 6) is 0.582. The number of unbranched alkanes of at least 4 members (excludes halogenated alkanes) is 2. The molecule has 6 nitrogen and oxygen atoms in total. The van der Waals surface area contributed by atoms with Gasteiger partial charge in [0.1, 0.15) is 6.04 Å². The van der Waals surface area contributed by atoms with Gasteiger partial charge in [0.05, 0.1) is 17.1 Å². The fraction of sp³-hybridized carbons (Fsp3) is 0.412.